The summed E-state index contributed by atoms with van der Waals surface area (Å²) >= 11 is 0. The van der Waals surface area contributed by atoms with Crippen LogP contribution in [0.15, 0.2) is 36.7 Å². The summed E-state index contributed by atoms with van der Waals surface area (Å²) in [4.78, 5) is 16.0. The SMILES string of the molecule is CC(NC(=O)C1C=CC(N)C1)c1cccnc1. The van der Waals surface area contributed by atoms with E-state index in [1.165, 1.54) is 0 Å². The molecular weight excluding hydrogens is 214 g/mol. The first-order valence-corrected chi connectivity index (χ1v) is 5.81. The normalized spacial score (nSPS) is 24.6. The van der Waals surface area contributed by atoms with E-state index in [-0.39, 0.29) is 23.9 Å². The van der Waals surface area contributed by atoms with Gasteiger partial charge in [0.05, 0.1) is 12.0 Å². The highest BCUT2D eigenvalue weighted by Gasteiger charge is 2.23. The molecule has 1 aliphatic rings. The minimum Gasteiger partial charge on any atom is -0.349 e. The van der Waals surface area contributed by atoms with Gasteiger partial charge >= 0.3 is 0 Å². The molecule has 4 nitrogen and oxygen atoms in total. The number of nitrogens with one attached hydrogen (secondary N) is 1. The number of nitrogens with zero attached hydrogens (tertiary/aromatic N) is 1. The van der Waals surface area contributed by atoms with E-state index in [1.54, 1.807) is 12.4 Å². The lowest BCUT2D eigenvalue weighted by Crippen LogP contribution is -2.32. The molecule has 3 N–H and O–H groups in total. The van der Waals surface area contributed by atoms with Crippen LogP contribution < -0.4 is 11.1 Å². The Hall–Kier alpha value is -1.68. The van der Waals surface area contributed by atoms with Gasteiger partial charge in [-0.2, -0.15) is 0 Å². The molecule has 0 fully saturated rings. The summed E-state index contributed by atoms with van der Waals surface area (Å²) in [5.74, 6) is -0.0605. The lowest BCUT2D eigenvalue weighted by molar-refractivity contribution is -0.124. The fourth-order valence-corrected chi connectivity index (χ4v) is 1.96. The Morgan fingerprint density at radius 3 is 3.00 bits per heavy atom. The molecule has 90 valence electrons. The molecule has 1 amide bonds. The van der Waals surface area contributed by atoms with Crippen LogP contribution in [0, 0.1) is 5.92 Å². The Morgan fingerprint density at radius 1 is 1.59 bits per heavy atom. The molecule has 3 atom stereocenters. The molecule has 3 unspecified atom stereocenters. The summed E-state index contributed by atoms with van der Waals surface area (Å²) in [6.45, 7) is 1.95. The fourth-order valence-electron chi connectivity index (χ4n) is 1.96. The summed E-state index contributed by atoms with van der Waals surface area (Å²) in [5.41, 5.74) is 6.73. The molecule has 0 spiro atoms. The number of hydrogen-bond acceptors (Lipinski definition) is 3. The Bertz CT molecular complexity index is 416. The smallest absolute Gasteiger partial charge is 0.227 e. The van der Waals surface area contributed by atoms with Gasteiger partial charge < -0.3 is 11.1 Å². The maximum atomic E-state index is 11.9. The lowest BCUT2D eigenvalue weighted by Gasteiger charge is -2.16. The first-order chi connectivity index (χ1) is 8.16. The second-order valence-electron chi connectivity index (χ2n) is 4.41. The van der Waals surface area contributed by atoms with Crippen LogP contribution in [-0.4, -0.2) is 16.9 Å². The van der Waals surface area contributed by atoms with Crippen molar-refractivity contribution in [2.24, 2.45) is 11.7 Å². The molecule has 0 aliphatic heterocycles. The minimum absolute atomic E-state index is 0.0134. The van der Waals surface area contributed by atoms with E-state index in [2.05, 4.69) is 10.3 Å². The molecule has 0 bridgehead atoms. The van der Waals surface area contributed by atoms with Gasteiger partial charge in [-0.1, -0.05) is 18.2 Å². The zero-order valence-corrected chi connectivity index (χ0v) is 9.84. The standard InChI is InChI=1S/C13H17N3O/c1-9(11-3-2-6-15-8-11)16-13(17)10-4-5-12(14)7-10/h2-6,8-10,12H,7,14H2,1H3,(H,16,17). The first-order valence-electron chi connectivity index (χ1n) is 5.81. The highest BCUT2D eigenvalue weighted by Crippen LogP contribution is 2.18. The number of rotatable bonds is 3. The van der Waals surface area contributed by atoms with Crippen molar-refractivity contribution in [1.82, 2.24) is 10.3 Å². The van der Waals surface area contributed by atoms with Crippen molar-refractivity contribution in [3.8, 4) is 0 Å². The van der Waals surface area contributed by atoms with Crippen molar-refractivity contribution >= 4 is 5.91 Å². The van der Waals surface area contributed by atoms with E-state index < -0.39 is 0 Å². The zero-order valence-electron chi connectivity index (χ0n) is 9.84. The number of nitrogens with two attached hydrogens (primary N) is 1. The summed E-state index contributed by atoms with van der Waals surface area (Å²) in [5, 5.41) is 2.97. The van der Waals surface area contributed by atoms with Crippen LogP contribution in [0.5, 0.6) is 0 Å². The topological polar surface area (TPSA) is 68.0 Å². The van der Waals surface area contributed by atoms with Gasteiger partial charge in [0, 0.05) is 18.4 Å². The van der Waals surface area contributed by atoms with E-state index in [1.807, 2.05) is 31.2 Å². The summed E-state index contributed by atoms with van der Waals surface area (Å²) < 4.78 is 0. The van der Waals surface area contributed by atoms with Gasteiger partial charge in [-0.05, 0) is 25.0 Å². The van der Waals surface area contributed by atoms with Crippen LogP contribution in [-0.2, 0) is 4.79 Å². The van der Waals surface area contributed by atoms with E-state index in [0.717, 1.165) is 5.56 Å². The Kier molecular flexibility index (Phi) is 3.54. The van der Waals surface area contributed by atoms with Crippen LogP contribution in [0.1, 0.15) is 24.9 Å². The van der Waals surface area contributed by atoms with Gasteiger partial charge in [0.2, 0.25) is 5.91 Å². The summed E-state index contributed by atoms with van der Waals surface area (Å²) in [6.07, 6.45) is 7.96. The number of carbonyl (C=O) groups is 1. The van der Waals surface area contributed by atoms with Gasteiger partial charge in [0.15, 0.2) is 0 Å². The van der Waals surface area contributed by atoms with Crippen molar-refractivity contribution in [1.29, 1.82) is 0 Å². The third-order valence-corrected chi connectivity index (χ3v) is 3.00. The number of hydrogen-bond donors (Lipinski definition) is 2. The molecule has 1 aromatic rings. The first kappa shape index (κ1) is 11.8. The number of aromatic nitrogens is 1. The van der Waals surface area contributed by atoms with Crippen LogP contribution in [0.2, 0.25) is 0 Å². The van der Waals surface area contributed by atoms with Crippen LogP contribution in [0.3, 0.4) is 0 Å². The fraction of sp³-hybridized carbons (Fsp3) is 0.385. The number of carbonyl (C=O) groups excluding carboxylic acids is 1. The van der Waals surface area contributed by atoms with Crippen molar-refractivity contribution in [2.45, 2.75) is 25.4 Å². The highest BCUT2D eigenvalue weighted by molar-refractivity contribution is 5.81. The molecule has 0 radical (unpaired) electrons. The Labute approximate surface area is 101 Å². The van der Waals surface area contributed by atoms with Gasteiger partial charge in [0.1, 0.15) is 0 Å². The monoisotopic (exact) mass is 231 g/mol. The molecule has 17 heavy (non-hydrogen) atoms. The Balaban J connectivity index is 1.93. The molecule has 0 saturated heterocycles. The van der Waals surface area contributed by atoms with Gasteiger partial charge in [-0.25, -0.2) is 0 Å². The molecule has 1 heterocycles. The number of pyridine rings is 1. The van der Waals surface area contributed by atoms with Crippen LogP contribution >= 0.6 is 0 Å². The second kappa shape index (κ2) is 5.10. The molecule has 0 saturated carbocycles. The van der Waals surface area contributed by atoms with Crippen molar-refractivity contribution < 1.29 is 4.79 Å². The Morgan fingerprint density at radius 2 is 2.41 bits per heavy atom. The number of amides is 1. The molecule has 0 aromatic carbocycles. The molecule has 4 heteroatoms. The summed E-state index contributed by atoms with van der Waals surface area (Å²) in [6, 6.07) is 3.80. The zero-order chi connectivity index (χ0) is 12.3. The average Bonchev–Trinajstić information content (AvgIpc) is 2.77. The third-order valence-electron chi connectivity index (χ3n) is 3.00. The molecular formula is C13H17N3O. The quantitative estimate of drug-likeness (QED) is 0.767. The van der Waals surface area contributed by atoms with Gasteiger partial charge in [0.25, 0.3) is 0 Å². The van der Waals surface area contributed by atoms with Crippen LogP contribution in [0.25, 0.3) is 0 Å². The predicted octanol–water partition coefficient (Wildman–Crippen LogP) is 1.16. The second-order valence-corrected chi connectivity index (χ2v) is 4.41. The van der Waals surface area contributed by atoms with Crippen molar-refractivity contribution in [3.05, 3.63) is 42.2 Å². The van der Waals surface area contributed by atoms with E-state index in [4.69, 9.17) is 5.73 Å². The highest BCUT2D eigenvalue weighted by atomic mass is 16.1. The molecule has 1 aromatic heterocycles. The maximum absolute atomic E-state index is 11.9. The maximum Gasteiger partial charge on any atom is 0.227 e. The summed E-state index contributed by atoms with van der Waals surface area (Å²) in [7, 11) is 0. The largest absolute Gasteiger partial charge is 0.349 e. The minimum atomic E-state index is -0.0934. The lowest BCUT2D eigenvalue weighted by atomic mass is 10.1. The molecule has 2 rings (SSSR count). The van der Waals surface area contributed by atoms with Gasteiger partial charge in [-0.3, -0.25) is 9.78 Å². The van der Waals surface area contributed by atoms with E-state index >= 15 is 0 Å². The van der Waals surface area contributed by atoms with Crippen molar-refractivity contribution in [2.75, 3.05) is 0 Å². The third kappa shape index (κ3) is 2.91. The molecule has 1 aliphatic carbocycles. The van der Waals surface area contributed by atoms with Crippen molar-refractivity contribution in [3.63, 3.8) is 0 Å². The van der Waals surface area contributed by atoms with E-state index in [9.17, 15) is 4.79 Å². The van der Waals surface area contributed by atoms with Gasteiger partial charge in [-0.15, -0.1) is 0 Å². The average molecular weight is 231 g/mol. The van der Waals surface area contributed by atoms with Crippen LogP contribution in [0.4, 0.5) is 0 Å². The predicted molar refractivity (Wildman–Crippen MR) is 66.0 cm³/mol. The van der Waals surface area contributed by atoms with E-state index in [0.29, 0.717) is 6.42 Å².